The van der Waals surface area contributed by atoms with Gasteiger partial charge in [0.2, 0.25) is 5.76 Å². The molecule has 0 saturated heterocycles. The van der Waals surface area contributed by atoms with Crippen LogP contribution in [-0.4, -0.2) is 30.7 Å². The number of hydrogen-bond donors (Lipinski definition) is 1. The molecular weight excluding hydrogens is 408 g/mol. The minimum Gasteiger partial charge on any atom is -0.497 e. The Morgan fingerprint density at radius 2 is 1.90 bits per heavy atom. The van der Waals surface area contributed by atoms with Gasteiger partial charge in [0.05, 0.1) is 26.2 Å². The third kappa shape index (κ3) is 5.18. The summed E-state index contributed by atoms with van der Waals surface area (Å²) in [4.78, 5) is 24.8. The van der Waals surface area contributed by atoms with Crippen LogP contribution >= 0.6 is 11.6 Å². The summed E-state index contributed by atoms with van der Waals surface area (Å²) in [6.07, 6.45) is -0.0667. The zero-order valence-corrected chi connectivity index (χ0v) is 17.3. The van der Waals surface area contributed by atoms with Crippen molar-refractivity contribution in [2.75, 3.05) is 13.7 Å². The first-order chi connectivity index (χ1) is 14.5. The Morgan fingerprint density at radius 3 is 2.57 bits per heavy atom. The summed E-state index contributed by atoms with van der Waals surface area (Å²) in [6, 6.07) is 15.0. The van der Waals surface area contributed by atoms with Crippen LogP contribution in [0.5, 0.6) is 5.75 Å². The summed E-state index contributed by atoms with van der Waals surface area (Å²) < 4.78 is 15.4. The van der Waals surface area contributed by atoms with Gasteiger partial charge in [0.25, 0.3) is 5.91 Å². The zero-order valence-electron chi connectivity index (χ0n) is 16.6. The Bertz CT molecular complexity index is 1020. The van der Waals surface area contributed by atoms with E-state index in [0.29, 0.717) is 22.0 Å². The van der Waals surface area contributed by atoms with Crippen LogP contribution in [0.25, 0.3) is 11.3 Å². The molecule has 0 fully saturated rings. The van der Waals surface area contributed by atoms with E-state index in [9.17, 15) is 9.59 Å². The minimum atomic E-state index is -0.681. The average molecular weight is 429 g/mol. The highest BCUT2D eigenvalue weighted by Gasteiger charge is 2.24. The van der Waals surface area contributed by atoms with Crippen LogP contribution in [0.1, 0.15) is 35.5 Å². The molecule has 0 aliphatic carbocycles. The summed E-state index contributed by atoms with van der Waals surface area (Å²) in [5, 5.41) is 7.18. The SMILES string of the molecule is CCOC(=O)C[C@H](NC(=O)c1cc(-c2ccc(OC)cc2)no1)c1ccccc1Cl. The van der Waals surface area contributed by atoms with Crippen molar-refractivity contribution in [1.29, 1.82) is 0 Å². The van der Waals surface area contributed by atoms with Gasteiger partial charge in [-0.3, -0.25) is 9.59 Å². The number of methoxy groups -OCH3 is 1. The summed E-state index contributed by atoms with van der Waals surface area (Å²) in [5.74, 6) is -0.237. The number of halogens is 1. The number of nitrogens with zero attached hydrogens (tertiary/aromatic N) is 1. The largest absolute Gasteiger partial charge is 0.497 e. The Balaban J connectivity index is 1.79. The van der Waals surface area contributed by atoms with Crippen molar-refractivity contribution in [1.82, 2.24) is 10.5 Å². The van der Waals surface area contributed by atoms with Crippen molar-refractivity contribution in [3.63, 3.8) is 0 Å². The van der Waals surface area contributed by atoms with Gasteiger partial charge in [-0.05, 0) is 42.8 Å². The molecule has 0 unspecified atom stereocenters. The molecule has 1 heterocycles. The second-order valence-corrected chi connectivity index (χ2v) is 6.77. The molecule has 3 aromatic rings. The highest BCUT2D eigenvalue weighted by atomic mass is 35.5. The first-order valence-corrected chi connectivity index (χ1v) is 9.71. The Kier molecular flexibility index (Phi) is 7.08. The van der Waals surface area contributed by atoms with Gasteiger partial charge in [-0.1, -0.05) is 35.0 Å². The molecule has 30 heavy (non-hydrogen) atoms. The van der Waals surface area contributed by atoms with E-state index >= 15 is 0 Å². The van der Waals surface area contributed by atoms with E-state index in [-0.39, 0.29) is 18.8 Å². The molecule has 7 nitrogen and oxygen atoms in total. The fourth-order valence-electron chi connectivity index (χ4n) is 2.89. The van der Waals surface area contributed by atoms with E-state index in [2.05, 4.69) is 10.5 Å². The van der Waals surface area contributed by atoms with Gasteiger partial charge in [-0.15, -0.1) is 0 Å². The third-order valence-corrected chi connectivity index (χ3v) is 4.73. The van der Waals surface area contributed by atoms with E-state index in [1.165, 1.54) is 6.07 Å². The van der Waals surface area contributed by atoms with Crippen LogP contribution in [0, 0.1) is 0 Å². The van der Waals surface area contributed by atoms with Crippen LogP contribution in [0.2, 0.25) is 5.02 Å². The lowest BCUT2D eigenvalue weighted by atomic mass is 10.0. The maximum atomic E-state index is 12.8. The molecule has 2 aromatic carbocycles. The van der Waals surface area contributed by atoms with Crippen LogP contribution in [0.4, 0.5) is 0 Å². The topological polar surface area (TPSA) is 90.7 Å². The molecule has 0 bridgehead atoms. The second-order valence-electron chi connectivity index (χ2n) is 6.36. The van der Waals surface area contributed by atoms with Crippen molar-refractivity contribution >= 4 is 23.5 Å². The Morgan fingerprint density at radius 1 is 1.17 bits per heavy atom. The molecule has 8 heteroatoms. The summed E-state index contributed by atoms with van der Waals surface area (Å²) in [5.41, 5.74) is 1.88. The number of aromatic nitrogens is 1. The predicted molar refractivity (Wildman–Crippen MR) is 111 cm³/mol. The Hall–Kier alpha value is -3.32. The van der Waals surface area contributed by atoms with Gasteiger partial charge in [-0.2, -0.15) is 0 Å². The summed E-state index contributed by atoms with van der Waals surface area (Å²) in [7, 11) is 1.58. The molecule has 0 radical (unpaired) electrons. The standard InChI is InChI=1S/C22H21ClN2O5/c1-3-29-21(26)13-19(16-6-4-5-7-17(16)23)24-22(27)20-12-18(25-30-20)14-8-10-15(28-2)11-9-14/h4-12,19H,3,13H2,1-2H3,(H,24,27)/t19-/m0/s1. The molecule has 1 atom stereocenters. The number of esters is 1. The number of ether oxygens (including phenoxy) is 2. The average Bonchev–Trinajstić information content (AvgIpc) is 3.24. The van der Waals surface area contributed by atoms with Crippen LogP contribution < -0.4 is 10.1 Å². The summed E-state index contributed by atoms with van der Waals surface area (Å²) >= 11 is 6.27. The molecule has 1 amide bonds. The monoisotopic (exact) mass is 428 g/mol. The van der Waals surface area contributed by atoms with Gasteiger partial charge in [-0.25, -0.2) is 0 Å². The van der Waals surface area contributed by atoms with Crippen molar-refractivity contribution < 1.29 is 23.6 Å². The van der Waals surface area contributed by atoms with E-state index < -0.39 is 17.9 Å². The fourth-order valence-corrected chi connectivity index (χ4v) is 3.16. The van der Waals surface area contributed by atoms with Gasteiger partial charge in [0.1, 0.15) is 11.4 Å². The molecule has 1 N–H and O–H groups in total. The quantitative estimate of drug-likeness (QED) is 0.534. The molecule has 0 aliphatic heterocycles. The first-order valence-electron chi connectivity index (χ1n) is 9.34. The minimum absolute atomic E-state index is 0.0155. The number of nitrogens with one attached hydrogen (secondary N) is 1. The first kappa shape index (κ1) is 21.4. The van der Waals surface area contributed by atoms with Gasteiger partial charge >= 0.3 is 5.97 Å². The lowest BCUT2D eigenvalue weighted by Gasteiger charge is -2.18. The normalized spacial score (nSPS) is 11.6. The number of carbonyl (C=O) groups excluding carboxylic acids is 2. The van der Waals surface area contributed by atoms with E-state index in [1.54, 1.807) is 50.4 Å². The number of rotatable bonds is 8. The van der Waals surface area contributed by atoms with Crippen molar-refractivity contribution in [2.45, 2.75) is 19.4 Å². The smallest absolute Gasteiger partial charge is 0.308 e. The maximum absolute atomic E-state index is 12.8. The molecule has 0 spiro atoms. The number of amides is 1. The highest BCUT2D eigenvalue weighted by molar-refractivity contribution is 6.31. The van der Waals surface area contributed by atoms with Crippen LogP contribution in [-0.2, 0) is 9.53 Å². The summed E-state index contributed by atoms with van der Waals surface area (Å²) in [6.45, 7) is 1.96. The lowest BCUT2D eigenvalue weighted by Crippen LogP contribution is -2.30. The lowest BCUT2D eigenvalue weighted by molar-refractivity contribution is -0.143. The van der Waals surface area contributed by atoms with Crippen LogP contribution in [0.15, 0.2) is 59.1 Å². The molecule has 0 saturated carbocycles. The second kappa shape index (κ2) is 9.93. The number of hydrogen-bond acceptors (Lipinski definition) is 6. The van der Waals surface area contributed by atoms with Crippen molar-refractivity contribution in [3.8, 4) is 17.0 Å². The van der Waals surface area contributed by atoms with E-state index in [1.807, 2.05) is 12.1 Å². The third-order valence-electron chi connectivity index (χ3n) is 4.38. The number of benzene rings is 2. The van der Waals surface area contributed by atoms with Crippen molar-refractivity contribution in [3.05, 3.63) is 70.9 Å². The number of carbonyl (C=O) groups is 2. The van der Waals surface area contributed by atoms with Crippen LogP contribution in [0.3, 0.4) is 0 Å². The maximum Gasteiger partial charge on any atom is 0.308 e. The van der Waals surface area contributed by atoms with Gasteiger partial charge in [0, 0.05) is 16.7 Å². The van der Waals surface area contributed by atoms with Gasteiger partial charge in [0.15, 0.2) is 0 Å². The molecule has 0 aliphatic rings. The van der Waals surface area contributed by atoms with Gasteiger partial charge < -0.3 is 19.3 Å². The van der Waals surface area contributed by atoms with Crippen molar-refractivity contribution in [2.24, 2.45) is 0 Å². The zero-order chi connectivity index (χ0) is 21.5. The molecule has 1 aromatic heterocycles. The Labute approximate surface area is 178 Å². The highest BCUT2D eigenvalue weighted by Crippen LogP contribution is 2.27. The molecular formula is C22H21ClN2O5. The predicted octanol–water partition coefficient (Wildman–Crippen LogP) is 4.43. The molecule has 156 valence electrons. The van der Waals surface area contributed by atoms with E-state index in [4.69, 9.17) is 25.6 Å². The fraction of sp³-hybridized carbons (Fsp3) is 0.227. The van der Waals surface area contributed by atoms with E-state index in [0.717, 1.165) is 5.56 Å². The molecule has 3 rings (SSSR count).